The summed E-state index contributed by atoms with van der Waals surface area (Å²) in [6, 6.07) is 8.29. The van der Waals surface area contributed by atoms with E-state index in [1.54, 1.807) is 0 Å². The summed E-state index contributed by atoms with van der Waals surface area (Å²) in [5, 5.41) is 0. The Morgan fingerprint density at radius 2 is 2.25 bits per heavy atom. The summed E-state index contributed by atoms with van der Waals surface area (Å²) >= 11 is 1.94. The van der Waals surface area contributed by atoms with E-state index in [2.05, 4.69) is 4.98 Å². The summed E-state index contributed by atoms with van der Waals surface area (Å²) in [7, 11) is 0. The van der Waals surface area contributed by atoms with Crippen LogP contribution in [-0.4, -0.2) is 21.1 Å². The lowest BCUT2D eigenvalue weighted by Gasteiger charge is -2.22. The van der Waals surface area contributed by atoms with Gasteiger partial charge in [0.15, 0.2) is 0 Å². The lowest BCUT2D eigenvalue weighted by Crippen LogP contribution is -2.25. The first-order valence-corrected chi connectivity index (χ1v) is 6.79. The zero-order valence-corrected chi connectivity index (χ0v) is 9.80. The molecule has 1 aromatic carbocycles. The number of nitrogens with one attached hydrogen (secondary N) is 1. The van der Waals surface area contributed by atoms with Crippen LogP contribution in [0.5, 0.6) is 0 Å². The van der Waals surface area contributed by atoms with Crippen LogP contribution in [0.25, 0.3) is 11.0 Å². The molecular weight excluding hydrogens is 220 g/mol. The zero-order valence-electron chi connectivity index (χ0n) is 8.98. The highest BCUT2D eigenvalue weighted by Crippen LogP contribution is 2.27. The van der Waals surface area contributed by atoms with Gasteiger partial charge < -0.3 is 4.98 Å². The first-order chi connectivity index (χ1) is 7.86. The molecule has 0 saturated carbocycles. The maximum absolute atomic E-state index is 11.9. The Bertz CT molecular complexity index is 551. The van der Waals surface area contributed by atoms with E-state index in [1.165, 1.54) is 12.2 Å². The normalized spacial score (nSPS) is 21.4. The van der Waals surface area contributed by atoms with E-state index >= 15 is 0 Å². The average Bonchev–Trinajstić information content (AvgIpc) is 2.66. The van der Waals surface area contributed by atoms with Gasteiger partial charge >= 0.3 is 5.69 Å². The van der Waals surface area contributed by atoms with Crippen molar-refractivity contribution in [3.63, 3.8) is 0 Å². The van der Waals surface area contributed by atoms with Gasteiger partial charge in [0.25, 0.3) is 0 Å². The van der Waals surface area contributed by atoms with Crippen LogP contribution in [0, 0.1) is 0 Å². The van der Waals surface area contributed by atoms with Crippen molar-refractivity contribution in [3.05, 3.63) is 34.7 Å². The first kappa shape index (κ1) is 10.0. The smallest absolute Gasteiger partial charge is 0.306 e. The molecule has 1 saturated heterocycles. The van der Waals surface area contributed by atoms with Crippen LogP contribution in [0.2, 0.25) is 0 Å². The van der Waals surface area contributed by atoms with E-state index in [9.17, 15) is 4.79 Å². The molecule has 4 heteroatoms. The van der Waals surface area contributed by atoms with Crippen molar-refractivity contribution in [1.29, 1.82) is 0 Å². The van der Waals surface area contributed by atoms with Crippen LogP contribution in [0.3, 0.4) is 0 Å². The summed E-state index contributed by atoms with van der Waals surface area (Å²) < 4.78 is 1.93. The molecule has 2 heterocycles. The van der Waals surface area contributed by atoms with E-state index < -0.39 is 0 Å². The van der Waals surface area contributed by atoms with Crippen molar-refractivity contribution in [3.8, 4) is 0 Å². The van der Waals surface area contributed by atoms with Gasteiger partial charge in [-0.25, -0.2) is 4.79 Å². The Labute approximate surface area is 97.9 Å². The number of thioether (sulfide) groups is 1. The summed E-state index contributed by atoms with van der Waals surface area (Å²) in [5.41, 5.74) is 2.02. The largest absolute Gasteiger partial charge is 0.326 e. The van der Waals surface area contributed by atoms with Gasteiger partial charge in [-0.2, -0.15) is 11.8 Å². The average molecular weight is 234 g/mol. The van der Waals surface area contributed by atoms with E-state index in [0.717, 1.165) is 23.2 Å². The molecule has 0 amide bonds. The molecule has 0 aliphatic carbocycles. The Balaban J connectivity index is 2.14. The molecule has 2 aromatic rings. The standard InChI is InChI=1S/C12H14N2OS/c15-12-13-10-5-1-2-6-11(10)14(12)9-4-3-7-16-8-9/h1-2,5-6,9H,3-4,7-8H2,(H,13,15). The number of hydrogen-bond donors (Lipinski definition) is 1. The highest BCUT2D eigenvalue weighted by atomic mass is 32.2. The number of rotatable bonds is 1. The van der Waals surface area contributed by atoms with Gasteiger partial charge in [0.1, 0.15) is 0 Å². The second kappa shape index (κ2) is 4.01. The molecule has 16 heavy (non-hydrogen) atoms. The number of aromatic nitrogens is 2. The van der Waals surface area contributed by atoms with Gasteiger partial charge in [-0.05, 0) is 30.7 Å². The van der Waals surface area contributed by atoms with Gasteiger partial charge in [0.2, 0.25) is 0 Å². The molecule has 1 aromatic heterocycles. The number of aromatic amines is 1. The predicted octanol–water partition coefficient (Wildman–Crippen LogP) is 2.40. The van der Waals surface area contributed by atoms with E-state index in [-0.39, 0.29) is 5.69 Å². The van der Waals surface area contributed by atoms with Crippen LogP contribution >= 0.6 is 11.8 Å². The third kappa shape index (κ3) is 1.57. The fourth-order valence-electron chi connectivity index (χ4n) is 2.36. The maximum atomic E-state index is 11.9. The van der Waals surface area contributed by atoms with Gasteiger partial charge in [-0.15, -0.1) is 0 Å². The number of nitrogens with zero attached hydrogens (tertiary/aromatic N) is 1. The lowest BCUT2D eigenvalue weighted by molar-refractivity contribution is 0.499. The van der Waals surface area contributed by atoms with Crippen LogP contribution in [0.1, 0.15) is 18.9 Å². The van der Waals surface area contributed by atoms with Gasteiger partial charge in [0.05, 0.1) is 11.0 Å². The summed E-state index contributed by atoms with van der Waals surface area (Å²) in [5.74, 6) is 2.29. The Morgan fingerprint density at radius 3 is 3.06 bits per heavy atom. The minimum Gasteiger partial charge on any atom is -0.306 e. The van der Waals surface area contributed by atoms with Crippen LogP contribution in [0.4, 0.5) is 0 Å². The fourth-order valence-corrected chi connectivity index (χ4v) is 3.49. The van der Waals surface area contributed by atoms with Crippen molar-refractivity contribution in [2.75, 3.05) is 11.5 Å². The zero-order chi connectivity index (χ0) is 11.0. The molecule has 1 aliphatic heterocycles. The Morgan fingerprint density at radius 1 is 1.38 bits per heavy atom. The first-order valence-electron chi connectivity index (χ1n) is 5.63. The van der Waals surface area contributed by atoms with Gasteiger partial charge in [-0.1, -0.05) is 12.1 Å². The lowest BCUT2D eigenvalue weighted by atomic mass is 10.2. The van der Waals surface area contributed by atoms with Gasteiger partial charge in [-0.3, -0.25) is 4.57 Å². The minimum atomic E-state index is 0.0358. The van der Waals surface area contributed by atoms with Crippen molar-refractivity contribution >= 4 is 22.8 Å². The number of para-hydroxylation sites is 2. The summed E-state index contributed by atoms with van der Waals surface area (Å²) in [6.45, 7) is 0. The minimum absolute atomic E-state index is 0.0358. The molecule has 0 radical (unpaired) electrons. The quantitative estimate of drug-likeness (QED) is 0.822. The van der Waals surface area contributed by atoms with E-state index in [4.69, 9.17) is 0 Å². The van der Waals surface area contributed by atoms with Crippen molar-refractivity contribution in [2.24, 2.45) is 0 Å². The number of imidazole rings is 1. The molecule has 0 spiro atoms. The predicted molar refractivity (Wildman–Crippen MR) is 68.2 cm³/mol. The molecule has 0 bridgehead atoms. The second-order valence-corrected chi connectivity index (χ2v) is 5.34. The molecule has 1 unspecified atom stereocenters. The SMILES string of the molecule is O=c1[nH]c2ccccc2n1C1CCCSC1. The molecule has 1 N–H and O–H groups in total. The van der Waals surface area contributed by atoms with E-state index in [0.29, 0.717) is 6.04 Å². The highest BCUT2D eigenvalue weighted by Gasteiger charge is 2.19. The van der Waals surface area contributed by atoms with Crippen molar-refractivity contribution < 1.29 is 0 Å². The summed E-state index contributed by atoms with van der Waals surface area (Å²) in [4.78, 5) is 14.9. The number of hydrogen-bond acceptors (Lipinski definition) is 2. The maximum Gasteiger partial charge on any atom is 0.326 e. The third-order valence-electron chi connectivity index (χ3n) is 3.13. The number of H-pyrrole nitrogens is 1. The summed E-state index contributed by atoms with van der Waals surface area (Å²) in [6.07, 6.45) is 2.33. The molecular formula is C12H14N2OS. The van der Waals surface area contributed by atoms with Crippen molar-refractivity contribution in [1.82, 2.24) is 9.55 Å². The fraction of sp³-hybridized carbons (Fsp3) is 0.417. The molecule has 3 rings (SSSR count). The molecule has 1 fully saturated rings. The molecule has 3 nitrogen and oxygen atoms in total. The van der Waals surface area contributed by atoms with Gasteiger partial charge in [0, 0.05) is 11.8 Å². The van der Waals surface area contributed by atoms with Crippen LogP contribution in [-0.2, 0) is 0 Å². The van der Waals surface area contributed by atoms with Crippen molar-refractivity contribution in [2.45, 2.75) is 18.9 Å². The number of benzene rings is 1. The Hall–Kier alpha value is -1.16. The Kier molecular flexibility index (Phi) is 2.52. The number of fused-ring (bicyclic) bond motifs is 1. The molecule has 1 aliphatic rings. The second-order valence-electron chi connectivity index (χ2n) is 4.19. The monoisotopic (exact) mass is 234 g/mol. The molecule has 1 atom stereocenters. The van der Waals surface area contributed by atoms with Crippen LogP contribution < -0.4 is 5.69 Å². The van der Waals surface area contributed by atoms with Crippen LogP contribution in [0.15, 0.2) is 29.1 Å². The third-order valence-corrected chi connectivity index (χ3v) is 4.32. The van der Waals surface area contributed by atoms with E-state index in [1.807, 2.05) is 40.6 Å². The highest BCUT2D eigenvalue weighted by molar-refractivity contribution is 7.99. The topological polar surface area (TPSA) is 37.8 Å². The molecule has 84 valence electrons.